The minimum Gasteiger partial charge on any atom is -0.341 e. The lowest BCUT2D eigenvalue weighted by atomic mass is 10.00. The van der Waals surface area contributed by atoms with E-state index < -0.39 is 11.6 Å². The summed E-state index contributed by atoms with van der Waals surface area (Å²) in [5, 5.41) is 11.9. The van der Waals surface area contributed by atoms with Crippen molar-refractivity contribution in [2.24, 2.45) is 5.92 Å². The summed E-state index contributed by atoms with van der Waals surface area (Å²) < 4.78 is 28.8. The van der Waals surface area contributed by atoms with Crippen LogP contribution in [0, 0.1) is 17.6 Å². The van der Waals surface area contributed by atoms with Gasteiger partial charge in [-0.05, 0) is 43.7 Å². The molecule has 1 saturated heterocycles. The van der Waals surface area contributed by atoms with Gasteiger partial charge in [-0.3, -0.25) is 9.36 Å². The Morgan fingerprint density at radius 2 is 1.96 bits per heavy atom. The molecule has 2 heterocycles. The minimum atomic E-state index is -0.791. The molecule has 1 saturated carbocycles. The second-order valence-electron chi connectivity index (χ2n) is 7.51. The average Bonchev–Trinajstić information content (AvgIpc) is 3.42. The van der Waals surface area contributed by atoms with E-state index in [1.807, 2.05) is 0 Å². The highest BCUT2D eigenvalue weighted by molar-refractivity contribution is 7.99. The molecule has 4 rings (SSSR count). The zero-order valence-electron chi connectivity index (χ0n) is 15.7. The van der Waals surface area contributed by atoms with Gasteiger partial charge >= 0.3 is 0 Å². The fraction of sp³-hybridized carbons (Fsp3) is 0.526. The van der Waals surface area contributed by atoms with Crippen LogP contribution in [0.3, 0.4) is 0 Å². The van der Waals surface area contributed by atoms with Crippen molar-refractivity contribution in [2.75, 3.05) is 29.1 Å². The van der Waals surface area contributed by atoms with Crippen LogP contribution >= 0.6 is 11.8 Å². The Morgan fingerprint density at radius 1 is 1.21 bits per heavy atom. The van der Waals surface area contributed by atoms with Crippen molar-refractivity contribution in [3.63, 3.8) is 0 Å². The number of hydrogen-bond acceptors (Lipinski definition) is 5. The van der Waals surface area contributed by atoms with Crippen molar-refractivity contribution in [2.45, 2.75) is 43.8 Å². The number of amides is 1. The molecule has 2 aliphatic rings. The molecular weight excluding hydrogens is 384 g/mol. The van der Waals surface area contributed by atoms with Crippen LogP contribution in [0.4, 0.5) is 20.4 Å². The number of benzene rings is 1. The first-order chi connectivity index (χ1) is 13.5. The van der Waals surface area contributed by atoms with Crippen molar-refractivity contribution in [3.8, 4) is 0 Å². The Kier molecular flexibility index (Phi) is 5.52. The molecule has 0 spiro atoms. The van der Waals surface area contributed by atoms with Crippen LogP contribution in [0.15, 0.2) is 23.4 Å². The number of anilines is 2. The number of carbonyl (C=O) groups excluding carboxylic acids is 1. The molecule has 0 radical (unpaired) electrons. The SMILES string of the molecule is CC1CCN(c2nnc(SCC(=O)Nc3ccc(F)cc3F)n2C2CC2)CC1. The Morgan fingerprint density at radius 3 is 2.64 bits per heavy atom. The van der Waals surface area contributed by atoms with Crippen LogP contribution in [-0.2, 0) is 4.79 Å². The molecule has 2 fully saturated rings. The summed E-state index contributed by atoms with van der Waals surface area (Å²) in [6.45, 7) is 4.22. The van der Waals surface area contributed by atoms with Crippen molar-refractivity contribution in [1.82, 2.24) is 14.8 Å². The predicted molar refractivity (Wildman–Crippen MR) is 105 cm³/mol. The van der Waals surface area contributed by atoms with Crippen LogP contribution in [0.5, 0.6) is 0 Å². The summed E-state index contributed by atoms with van der Waals surface area (Å²) in [6, 6.07) is 3.47. The minimum absolute atomic E-state index is 0.0289. The normalized spacial score (nSPS) is 17.8. The van der Waals surface area contributed by atoms with Crippen LogP contribution < -0.4 is 10.2 Å². The summed E-state index contributed by atoms with van der Waals surface area (Å²) >= 11 is 1.29. The van der Waals surface area contributed by atoms with E-state index in [1.54, 1.807) is 0 Å². The molecule has 150 valence electrons. The molecule has 0 unspecified atom stereocenters. The van der Waals surface area contributed by atoms with Crippen molar-refractivity contribution < 1.29 is 13.6 Å². The largest absolute Gasteiger partial charge is 0.341 e. The molecule has 1 N–H and O–H groups in total. The smallest absolute Gasteiger partial charge is 0.234 e. The number of piperidine rings is 1. The van der Waals surface area contributed by atoms with Gasteiger partial charge in [-0.1, -0.05) is 18.7 Å². The predicted octanol–water partition coefficient (Wildman–Crippen LogP) is 3.86. The van der Waals surface area contributed by atoms with E-state index in [0.29, 0.717) is 11.2 Å². The number of halogens is 2. The number of carbonyl (C=O) groups is 1. The van der Waals surface area contributed by atoms with Crippen LogP contribution in [0.1, 0.15) is 38.6 Å². The molecule has 2 aromatic rings. The summed E-state index contributed by atoms with van der Waals surface area (Å²) in [6.07, 6.45) is 4.48. The molecule has 0 atom stereocenters. The number of rotatable bonds is 6. The van der Waals surface area contributed by atoms with Gasteiger partial charge < -0.3 is 10.2 Å². The third kappa shape index (κ3) is 4.29. The third-order valence-corrected chi connectivity index (χ3v) is 6.11. The molecular formula is C19H23F2N5OS. The monoisotopic (exact) mass is 407 g/mol. The van der Waals surface area contributed by atoms with Gasteiger partial charge in [-0.2, -0.15) is 0 Å². The van der Waals surface area contributed by atoms with Gasteiger partial charge in [0.25, 0.3) is 0 Å². The van der Waals surface area contributed by atoms with Crippen molar-refractivity contribution in [3.05, 3.63) is 29.8 Å². The summed E-state index contributed by atoms with van der Waals surface area (Å²) in [4.78, 5) is 14.5. The second kappa shape index (κ2) is 8.06. The van der Waals surface area contributed by atoms with Gasteiger partial charge in [0.05, 0.1) is 11.4 Å². The van der Waals surface area contributed by atoms with E-state index in [-0.39, 0.29) is 17.3 Å². The van der Waals surface area contributed by atoms with Crippen molar-refractivity contribution in [1.29, 1.82) is 0 Å². The molecule has 28 heavy (non-hydrogen) atoms. The molecule has 1 aromatic carbocycles. The Hall–Kier alpha value is -2.16. The first-order valence-electron chi connectivity index (χ1n) is 9.59. The number of nitrogens with zero attached hydrogens (tertiary/aromatic N) is 4. The zero-order chi connectivity index (χ0) is 19.7. The molecule has 9 heteroatoms. The lowest BCUT2D eigenvalue weighted by Crippen LogP contribution is -2.34. The van der Waals surface area contributed by atoms with Crippen LogP contribution in [0.2, 0.25) is 0 Å². The van der Waals surface area contributed by atoms with E-state index >= 15 is 0 Å². The van der Waals surface area contributed by atoms with E-state index in [4.69, 9.17) is 0 Å². The Balaban J connectivity index is 1.41. The zero-order valence-corrected chi connectivity index (χ0v) is 16.5. The fourth-order valence-corrected chi connectivity index (χ4v) is 4.15. The second-order valence-corrected chi connectivity index (χ2v) is 8.46. The third-order valence-electron chi connectivity index (χ3n) is 5.16. The Bertz CT molecular complexity index is 862. The van der Waals surface area contributed by atoms with Crippen LogP contribution in [-0.4, -0.2) is 39.5 Å². The van der Waals surface area contributed by atoms with E-state index in [9.17, 15) is 13.6 Å². The molecule has 6 nitrogen and oxygen atoms in total. The summed E-state index contributed by atoms with van der Waals surface area (Å²) in [5.74, 6) is -0.129. The number of thioether (sulfide) groups is 1. The maximum Gasteiger partial charge on any atom is 0.234 e. The molecule has 1 amide bonds. The highest BCUT2D eigenvalue weighted by Crippen LogP contribution is 2.41. The number of nitrogens with one attached hydrogen (secondary N) is 1. The molecule has 1 aliphatic carbocycles. The lowest BCUT2D eigenvalue weighted by molar-refractivity contribution is -0.113. The topological polar surface area (TPSA) is 63.1 Å². The highest BCUT2D eigenvalue weighted by atomic mass is 32.2. The van der Waals surface area contributed by atoms with Gasteiger partial charge in [-0.25, -0.2) is 8.78 Å². The lowest BCUT2D eigenvalue weighted by Gasteiger charge is -2.31. The van der Waals surface area contributed by atoms with E-state index in [0.717, 1.165) is 62.8 Å². The molecule has 0 bridgehead atoms. The number of aromatic nitrogens is 3. The van der Waals surface area contributed by atoms with E-state index in [2.05, 4.69) is 31.9 Å². The maximum atomic E-state index is 13.7. The number of hydrogen-bond donors (Lipinski definition) is 1. The highest BCUT2D eigenvalue weighted by Gasteiger charge is 2.32. The summed E-state index contributed by atoms with van der Waals surface area (Å²) in [7, 11) is 0. The van der Waals surface area contributed by atoms with Crippen LogP contribution in [0.25, 0.3) is 0 Å². The van der Waals surface area contributed by atoms with Gasteiger partial charge in [0, 0.05) is 25.2 Å². The quantitative estimate of drug-likeness (QED) is 0.737. The Labute approximate surface area is 166 Å². The first-order valence-corrected chi connectivity index (χ1v) is 10.6. The first kappa shape index (κ1) is 19.2. The van der Waals surface area contributed by atoms with Gasteiger partial charge in [0.1, 0.15) is 11.6 Å². The van der Waals surface area contributed by atoms with Gasteiger partial charge in [0.15, 0.2) is 5.16 Å². The molecule has 1 aromatic heterocycles. The van der Waals surface area contributed by atoms with E-state index in [1.165, 1.54) is 17.8 Å². The van der Waals surface area contributed by atoms with Crippen molar-refractivity contribution >= 4 is 29.3 Å². The standard InChI is InChI=1S/C19H23F2N5OS/c1-12-6-8-25(9-7-12)18-23-24-19(26(18)14-3-4-14)28-11-17(27)22-16-5-2-13(20)10-15(16)21/h2,5,10,12,14H,3-4,6-9,11H2,1H3,(H,22,27). The maximum absolute atomic E-state index is 13.7. The summed E-state index contributed by atoms with van der Waals surface area (Å²) in [5.41, 5.74) is -0.0289. The molecule has 1 aliphatic heterocycles. The van der Waals surface area contributed by atoms with Gasteiger partial charge in [-0.15, -0.1) is 10.2 Å². The fourth-order valence-electron chi connectivity index (χ4n) is 3.35. The average molecular weight is 407 g/mol. The van der Waals surface area contributed by atoms with Gasteiger partial charge in [0.2, 0.25) is 11.9 Å².